The molecule has 0 aromatic heterocycles. The first-order valence-electron chi connectivity index (χ1n) is 8.33. The van der Waals surface area contributed by atoms with Crippen molar-refractivity contribution in [2.75, 3.05) is 53.5 Å². The summed E-state index contributed by atoms with van der Waals surface area (Å²) in [5, 5.41) is 0. The van der Waals surface area contributed by atoms with Crippen LogP contribution in [0.1, 0.15) is 30.1 Å². The predicted octanol–water partition coefficient (Wildman–Crippen LogP) is 2.73. The second-order valence-electron chi connectivity index (χ2n) is 6.12. The Morgan fingerprint density at radius 1 is 1.12 bits per heavy atom. The van der Waals surface area contributed by atoms with Crippen LogP contribution in [0.3, 0.4) is 0 Å². The third-order valence-corrected chi connectivity index (χ3v) is 4.29. The number of piperazine rings is 1. The van der Waals surface area contributed by atoms with Crippen LogP contribution in [0.5, 0.6) is 11.5 Å². The zero-order valence-electron chi connectivity index (χ0n) is 14.9. The minimum Gasteiger partial charge on any atom is -0.493 e. The summed E-state index contributed by atoms with van der Waals surface area (Å²) < 4.78 is 11.1. The molecule has 1 aliphatic rings. The molecule has 0 amide bonds. The fourth-order valence-corrected chi connectivity index (χ4v) is 2.70. The number of carbonyl (C=O) groups excluding carboxylic acids is 1. The number of nitrogens with zero attached hydrogens (tertiary/aromatic N) is 2. The second-order valence-corrected chi connectivity index (χ2v) is 6.12. The first-order valence-corrected chi connectivity index (χ1v) is 8.33. The van der Waals surface area contributed by atoms with E-state index in [0.717, 1.165) is 45.6 Å². The zero-order valence-corrected chi connectivity index (χ0v) is 15.7. The average molecular weight is 357 g/mol. The molecule has 0 bridgehead atoms. The van der Waals surface area contributed by atoms with Crippen molar-refractivity contribution in [3.63, 3.8) is 0 Å². The lowest BCUT2D eigenvalue weighted by Crippen LogP contribution is -2.44. The molecule has 1 aliphatic heterocycles. The van der Waals surface area contributed by atoms with Gasteiger partial charge in [0.25, 0.3) is 0 Å². The van der Waals surface area contributed by atoms with E-state index in [9.17, 15) is 4.79 Å². The van der Waals surface area contributed by atoms with Gasteiger partial charge in [-0.3, -0.25) is 4.79 Å². The van der Waals surface area contributed by atoms with Crippen LogP contribution in [0.2, 0.25) is 0 Å². The Labute approximate surface area is 151 Å². The third kappa shape index (κ3) is 6.30. The molecule has 5 nitrogen and oxygen atoms in total. The predicted molar refractivity (Wildman–Crippen MR) is 98.9 cm³/mol. The molecule has 6 heteroatoms. The number of benzene rings is 1. The highest BCUT2D eigenvalue weighted by Crippen LogP contribution is 2.28. The van der Waals surface area contributed by atoms with Crippen LogP contribution in [0, 0.1) is 0 Å². The number of unbranched alkanes of at least 4 members (excludes halogenated alkanes) is 1. The molecule has 0 N–H and O–H groups in total. The molecule has 24 heavy (non-hydrogen) atoms. The quantitative estimate of drug-likeness (QED) is 0.529. The lowest BCUT2D eigenvalue weighted by atomic mass is 10.1. The molecule has 0 saturated carbocycles. The molecule has 1 saturated heterocycles. The molecule has 2 rings (SSSR count). The Bertz CT molecular complexity index is 517. The van der Waals surface area contributed by atoms with Crippen LogP contribution >= 0.6 is 12.4 Å². The van der Waals surface area contributed by atoms with Gasteiger partial charge in [-0.25, -0.2) is 0 Å². The van der Waals surface area contributed by atoms with Gasteiger partial charge in [-0.15, -0.1) is 12.4 Å². The summed E-state index contributed by atoms with van der Waals surface area (Å²) in [6.45, 7) is 8.01. The van der Waals surface area contributed by atoms with E-state index in [1.807, 2.05) is 6.07 Å². The molecule has 0 aliphatic carbocycles. The van der Waals surface area contributed by atoms with E-state index in [2.05, 4.69) is 16.8 Å². The maximum absolute atomic E-state index is 11.4. The van der Waals surface area contributed by atoms with E-state index < -0.39 is 0 Å². The molecule has 1 aromatic rings. The van der Waals surface area contributed by atoms with Crippen LogP contribution in [0.15, 0.2) is 18.2 Å². The zero-order chi connectivity index (χ0) is 16.7. The van der Waals surface area contributed by atoms with Crippen molar-refractivity contribution < 1.29 is 14.3 Å². The molecular formula is C18H29ClN2O3. The molecule has 0 spiro atoms. The number of carbonyl (C=O) groups is 1. The number of ether oxygens (including phenoxy) is 2. The maximum atomic E-state index is 11.4. The van der Waals surface area contributed by atoms with Gasteiger partial charge in [0.15, 0.2) is 17.3 Å². The summed E-state index contributed by atoms with van der Waals surface area (Å²) in [6.07, 6.45) is 2.15. The number of ketones is 1. The smallest absolute Gasteiger partial charge is 0.161 e. The maximum Gasteiger partial charge on any atom is 0.161 e. The Balaban J connectivity index is 0.00000288. The number of hydrogen-bond donors (Lipinski definition) is 0. The minimum absolute atomic E-state index is 0. The van der Waals surface area contributed by atoms with E-state index in [1.165, 1.54) is 0 Å². The standard InChI is InChI=1S/C18H28N2O3.ClH/c1-15(21)16-6-7-17(18(14-16)22-3)23-13-5-4-8-20-11-9-19(2)10-12-20;/h6-7,14H,4-5,8-13H2,1-3H3;1H. The summed E-state index contributed by atoms with van der Waals surface area (Å²) in [5.74, 6) is 1.36. The van der Waals surface area contributed by atoms with Crippen LogP contribution in [0.4, 0.5) is 0 Å². The van der Waals surface area contributed by atoms with Gasteiger partial charge in [0.05, 0.1) is 13.7 Å². The van der Waals surface area contributed by atoms with Gasteiger partial charge in [0.2, 0.25) is 0 Å². The van der Waals surface area contributed by atoms with Crippen molar-refractivity contribution in [1.29, 1.82) is 0 Å². The number of rotatable bonds is 8. The molecular weight excluding hydrogens is 328 g/mol. The molecule has 0 radical (unpaired) electrons. The average Bonchev–Trinajstić information content (AvgIpc) is 2.56. The van der Waals surface area contributed by atoms with Crippen LogP contribution < -0.4 is 9.47 Å². The van der Waals surface area contributed by atoms with Gasteiger partial charge in [-0.1, -0.05) is 0 Å². The van der Waals surface area contributed by atoms with Crippen molar-refractivity contribution in [2.24, 2.45) is 0 Å². The number of methoxy groups -OCH3 is 1. The number of hydrogen-bond acceptors (Lipinski definition) is 5. The summed E-state index contributed by atoms with van der Waals surface area (Å²) in [5.41, 5.74) is 0.643. The fraction of sp³-hybridized carbons (Fsp3) is 0.611. The molecule has 136 valence electrons. The Kier molecular flexibility index (Phi) is 9.11. The highest BCUT2D eigenvalue weighted by molar-refractivity contribution is 5.94. The molecule has 1 fully saturated rings. The number of Topliss-reactive ketones (excluding diaryl/α,β-unsaturated/α-hetero) is 1. The van der Waals surface area contributed by atoms with E-state index in [0.29, 0.717) is 23.7 Å². The second kappa shape index (κ2) is 10.5. The van der Waals surface area contributed by atoms with E-state index in [4.69, 9.17) is 9.47 Å². The van der Waals surface area contributed by atoms with Gasteiger partial charge in [-0.05, 0) is 51.6 Å². The summed E-state index contributed by atoms with van der Waals surface area (Å²) >= 11 is 0. The monoisotopic (exact) mass is 356 g/mol. The summed E-state index contributed by atoms with van der Waals surface area (Å²) in [6, 6.07) is 5.34. The van der Waals surface area contributed by atoms with Gasteiger partial charge < -0.3 is 19.3 Å². The first-order chi connectivity index (χ1) is 11.1. The van der Waals surface area contributed by atoms with Crippen LogP contribution in [-0.4, -0.2) is 69.1 Å². The third-order valence-electron chi connectivity index (χ3n) is 4.29. The molecule has 1 aromatic carbocycles. The SMILES string of the molecule is COc1cc(C(C)=O)ccc1OCCCCN1CCN(C)CC1.Cl. The number of likely N-dealkylation sites (N-methyl/N-ethyl adjacent to an activating group) is 1. The summed E-state index contributed by atoms with van der Waals surface area (Å²) in [7, 11) is 3.77. The van der Waals surface area contributed by atoms with Crippen molar-refractivity contribution in [1.82, 2.24) is 9.80 Å². The minimum atomic E-state index is 0. The normalized spacial score (nSPS) is 15.6. The van der Waals surface area contributed by atoms with Crippen LogP contribution in [0.25, 0.3) is 0 Å². The van der Waals surface area contributed by atoms with Gasteiger partial charge in [-0.2, -0.15) is 0 Å². The van der Waals surface area contributed by atoms with Crippen molar-refractivity contribution in [3.8, 4) is 11.5 Å². The van der Waals surface area contributed by atoms with Gasteiger partial charge >= 0.3 is 0 Å². The highest BCUT2D eigenvalue weighted by Gasteiger charge is 2.13. The van der Waals surface area contributed by atoms with Crippen molar-refractivity contribution in [2.45, 2.75) is 19.8 Å². The lowest BCUT2D eigenvalue weighted by Gasteiger charge is -2.32. The van der Waals surface area contributed by atoms with Crippen molar-refractivity contribution >= 4 is 18.2 Å². The first kappa shape index (κ1) is 20.7. The topological polar surface area (TPSA) is 42.0 Å². The molecule has 0 atom stereocenters. The van der Waals surface area contributed by atoms with E-state index >= 15 is 0 Å². The van der Waals surface area contributed by atoms with Gasteiger partial charge in [0, 0.05) is 31.7 Å². The van der Waals surface area contributed by atoms with Gasteiger partial charge in [0.1, 0.15) is 0 Å². The fourth-order valence-electron chi connectivity index (χ4n) is 2.70. The molecule has 1 heterocycles. The Morgan fingerprint density at radius 2 is 1.83 bits per heavy atom. The number of halogens is 1. The highest BCUT2D eigenvalue weighted by atomic mass is 35.5. The lowest BCUT2D eigenvalue weighted by molar-refractivity contribution is 0.101. The van der Waals surface area contributed by atoms with Crippen LogP contribution in [-0.2, 0) is 0 Å². The van der Waals surface area contributed by atoms with E-state index in [-0.39, 0.29) is 18.2 Å². The van der Waals surface area contributed by atoms with E-state index in [1.54, 1.807) is 26.2 Å². The molecule has 0 unspecified atom stereocenters. The Morgan fingerprint density at radius 3 is 2.46 bits per heavy atom. The van der Waals surface area contributed by atoms with Crippen molar-refractivity contribution in [3.05, 3.63) is 23.8 Å². The summed E-state index contributed by atoms with van der Waals surface area (Å²) in [4.78, 5) is 16.3. The Hall–Kier alpha value is -1.30. The largest absolute Gasteiger partial charge is 0.493 e.